The number of hydrogen-bond acceptors (Lipinski definition) is 2. The molecule has 1 N–H and O–H groups in total. The molecule has 0 atom stereocenters. The molecule has 0 aliphatic heterocycles. The van der Waals surface area contributed by atoms with Crippen LogP contribution in [0.25, 0.3) is 0 Å². The molecule has 0 saturated carbocycles. The van der Waals surface area contributed by atoms with Crippen molar-refractivity contribution in [1.82, 2.24) is 5.32 Å². The van der Waals surface area contributed by atoms with Crippen molar-refractivity contribution in [2.45, 2.75) is 13.5 Å². The molecule has 2 rings (SSSR count). The summed E-state index contributed by atoms with van der Waals surface area (Å²) in [7, 11) is 1.76. The van der Waals surface area contributed by atoms with Gasteiger partial charge in [0.05, 0.1) is 0 Å². The van der Waals surface area contributed by atoms with E-state index >= 15 is 0 Å². The highest BCUT2D eigenvalue weighted by atomic mass is 35.5. The van der Waals surface area contributed by atoms with Gasteiger partial charge in [-0.2, -0.15) is 0 Å². The Hall–Kier alpha value is -1.58. The summed E-state index contributed by atoms with van der Waals surface area (Å²) in [6.45, 7) is 2.32. The average Bonchev–Trinajstić information content (AvgIpc) is 2.38. The quantitative estimate of drug-likeness (QED) is 0.901. The summed E-state index contributed by atoms with van der Waals surface area (Å²) >= 11 is 5.95. The number of ether oxygens (including phenoxy) is 1. The topological polar surface area (TPSA) is 21.3 Å². The molecule has 4 heteroatoms. The molecule has 0 aliphatic carbocycles. The van der Waals surface area contributed by atoms with Crippen LogP contribution < -0.4 is 10.1 Å². The summed E-state index contributed by atoms with van der Waals surface area (Å²) in [5.74, 6) is 0.849. The van der Waals surface area contributed by atoms with Crippen LogP contribution in [0.2, 0.25) is 5.02 Å². The second kappa shape index (κ2) is 6.04. The van der Waals surface area contributed by atoms with Gasteiger partial charge < -0.3 is 10.1 Å². The van der Waals surface area contributed by atoms with Crippen LogP contribution in [0.1, 0.15) is 11.1 Å². The molecule has 0 aromatic heterocycles. The van der Waals surface area contributed by atoms with Gasteiger partial charge in [-0.3, -0.25) is 0 Å². The summed E-state index contributed by atoms with van der Waals surface area (Å²) < 4.78 is 19.6. The molecule has 0 aliphatic rings. The van der Waals surface area contributed by atoms with E-state index in [0.29, 0.717) is 28.6 Å². The molecule has 0 bridgehead atoms. The predicted octanol–water partition coefficient (Wildman–Crippen LogP) is 4.30. The Labute approximate surface area is 117 Å². The van der Waals surface area contributed by atoms with E-state index in [1.165, 1.54) is 6.07 Å². The maximum absolute atomic E-state index is 13.8. The second-order valence-corrected chi connectivity index (χ2v) is 4.70. The van der Waals surface area contributed by atoms with Gasteiger partial charge in [0.1, 0.15) is 17.3 Å². The third-order valence-corrected chi connectivity index (χ3v) is 3.03. The zero-order valence-corrected chi connectivity index (χ0v) is 11.6. The van der Waals surface area contributed by atoms with Crippen molar-refractivity contribution < 1.29 is 9.13 Å². The minimum atomic E-state index is -0.286. The molecule has 0 unspecified atom stereocenters. The van der Waals surface area contributed by atoms with Crippen molar-refractivity contribution in [3.8, 4) is 11.5 Å². The molecular weight excluding hydrogens is 265 g/mol. The van der Waals surface area contributed by atoms with Crippen molar-refractivity contribution in [2.75, 3.05) is 7.05 Å². The molecular formula is C15H15ClFNO. The van der Waals surface area contributed by atoms with Crippen LogP contribution >= 0.6 is 11.6 Å². The fraction of sp³-hybridized carbons (Fsp3) is 0.200. The van der Waals surface area contributed by atoms with E-state index in [9.17, 15) is 4.39 Å². The van der Waals surface area contributed by atoms with E-state index in [1.54, 1.807) is 31.3 Å². The first kappa shape index (κ1) is 13.8. The number of rotatable bonds is 4. The Morgan fingerprint density at radius 2 is 2.00 bits per heavy atom. The Kier molecular flexibility index (Phi) is 4.40. The smallest absolute Gasteiger partial charge is 0.134 e. The fourth-order valence-electron chi connectivity index (χ4n) is 1.79. The number of nitrogens with one attached hydrogen (secondary N) is 1. The van der Waals surface area contributed by atoms with Crippen LogP contribution in [-0.2, 0) is 6.54 Å². The van der Waals surface area contributed by atoms with E-state index < -0.39 is 0 Å². The number of halogens is 2. The largest absolute Gasteiger partial charge is 0.457 e. The van der Waals surface area contributed by atoms with Gasteiger partial charge >= 0.3 is 0 Å². The van der Waals surface area contributed by atoms with Crippen molar-refractivity contribution >= 4 is 11.6 Å². The van der Waals surface area contributed by atoms with Crippen LogP contribution in [0.5, 0.6) is 11.5 Å². The van der Waals surface area contributed by atoms with Gasteiger partial charge in [-0.25, -0.2) is 4.39 Å². The summed E-state index contributed by atoms with van der Waals surface area (Å²) in [5.41, 5.74) is 1.45. The minimum absolute atomic E-state index is 0.286. The van der Waals surface area contributed by atoms with Gasteiger partial charge in [-0.1, -0.05) is 23.7 Å². The first-order valence-electron chi connectivity index (χ1n) is 5.98. The zero-order valence-electron chi connectivity index (χ0n) is 10.8. The molecule has 0 saturated heterocycles. The Morgan fingerprint density at radius 1 is 1.21 bits per heavy atom. The van der Waals surface area contributed by atoms with Gasteiger partial charge in [-0.15, -0.1) is 0 Å². The molecule has 2 aromatic carbocycles. The highest BCUT2D eigenvalue weighted by Crippen LogP contribution is 2.31. The number of hydrogen-bond donors (Lipinski definition) is 1. The average molecular weight is 280 g/mol. The standard InChI is InChI=1S/C15H15ClFNO/c1-10-6-7-11(16)8-15(10)19-14-5-3-4-13(17)12(14)9-18-2/h3-8,18H,9H2,1-2H3. The lowest BCUT2D eigenvalue weighted by atomic mass is 10.1. The van der Waals surface area contributed by atoms with Crippen LogP contribution in [0.4, 0.5) is 4.39 Å². The van der Waals surface area contributed by atoms with E-state index in [4.69, 9.17) is 16.3 Å². The molecule has 19 heavy (non-hydrogen) atoms. The Balaban J connectivity index is 2.37. The van der Waals surface area contributed by atoms with Gasteiger partial charge in [0.15, 0.2) is 0 Å². The van der Waals surface area contributed by atoms with E-state index in [2.05, 4.69) is 5.32 Å². The zero-order chi connectivity index (χ0) is 13.8. The lowest BCUT2D eigenvalue weighted by molar-refractivity contribution is 0.461. The predicted molar refractivity (Wildman–Crippen MR) is 75.4 cm³/mol. The second-order valence-electron chi connectivity index (χ2n) is 4.26. The summed E-state index contributed by atoms with van der Waals surface area (Å²) in [6.07, 6.45) is 0. The summed E-state index contributed by atoms with van der Waals surface area (Å²) in [4.78, 5) is 0. The van der Waals surface area contributed by atoms with E-state index in [1.807, 2.05) is 13.0 Å². The summed E-state index contributed by atoms with van der Waals surface area (Å²) in [6, 6.07) is 10.2. The van der Waals surface area contributed by atoms with Crippen LogP contribution in [-0.4, -0.2) is 7.05 Å². The van der Waals surface area contributed by atoms with Crippen molar-refractivity contribution in [1.29, 1.82) is 0 Å². The molecule has 2 nitrogen and oxygen atoms in total. The first-order chi connectivity index (χ1) is 9.11. The molecule has 0 fully saturated rings. The third kappa shape index (κ3) is 3.25. The lowest BCUT2D eigenvalue weighted by Crippen LogP contribution is -2.08. The highest BCUT2D eigenvalue weighted by Gasteiger charge is 2.11. The maximum Gasteiger partial charge on any atom is 0.134 e. The fourth-order valence-corrected chi connectivity index (χ4v) is 1.95. The van der Waals surface area contributed by atoms with Gasteiger partial charge in [0, 0.05) is 17.1 Å². The van der Waals surface area contributed by atoms with Crippen LogP contribution in [0.15, 0.2) is 36.4 Å². The SMILES string of the molecule is CNCc1c(F)cccc1Oc1cc(Cl)ccc1C. The van der Waals surface area contributed by atoms with Crippen molar-refractivity contribution in [3.63, 3.8) is 0 Å². The van der Waals surface area contributed by atoms with Crippen molar-refractivity contribution in [2.24, 2.45) is 0 Å². The van der Waals surface area contributed by atoms with E-state index in [-0.39, 0.29) is 5.82 Å². The Bertz CT molecular complexity index is 586. The molecule has 0 radical (unpaired) electrons. The van der Waals surface area contributed by atoms with Crippen LogP contribution in [0.3, 0.4) is 0 Å². The molecule has 0 spiro atoms. The van der Waals surface area contributed by atoms with Gasteiger partial charge in [-0.05, 0) is 43.8 Å². The number of benzene rings is 2. The van der Waals surface area contributed by atoms with E-state index in [0.717, 1.165) is 5.56 Å². The molecule has 100 valence electrons. The third-order valence-electron chi connectivity index (χ3n) is 2.80. The highest BCUT2D eigenvalue weighted by molar-refractivity contribution is 6.30. The lowest BCUT2D eigenvalue weighted by Gasteiger charge is -2.13. The molecule has 2 aromatic rings. The molecule has 0 amide bonds. The first-order valence-corrected chi connectivity index (χ1v) is 6.35. The van der Waals surface area contributed by atoms with Gasteiger partial charge in [0.25, 0.3) is 0 Å². The van der Waals surface area contributed by atoms with Crippen molar-refractivity contribution in [3.05, 3.63) is 58.4 Å². The minimum Gasteiger partial charge on any atom is -0.457 e. The summed E-state index contributed by atoms with van der Waals surface area (Å²) in [5, 5.41) is 3.52. The molecule has 0 heterocycles. The monoisotopic (exact) mass is 279 g/mol. The normalized spacial score (nSPS) is 10.5. The van der Waals surface area contributed by atoms with Crippen LogP contribution in [0, 0.1) is 12.7 Å². The Morgan fingerprint density at radius 3 is 2.74 bits per heavy atom. The number of aryl methyl sites for hydroxylation is 1. The maximum atomic E-state index is 13.8. The van der Waals surface area contributed by atoms with Gasteiger partial charge in [0.2, 0.25) is 0 Å².